The van der Waals surface area contributed by atoms with Gasteiger partial charge in [-0.05, 0) is 49.1 Å². The molecule has 1 aromatic carbocycles. The highest BCUT2D eigenvalue weighted by molar-refractivity contribution is 5.85. The summed E-state index contributed by atoms with van der Waals surface area (Å²) in [4.78, 5) is 12.5. The summed E-state index contributed by atoms with van der Waals surface area (Å²) < 4.78 is 13.5. The van der Waals surface area contributed by atoms with Crippen molar-refractivity contribution >= 4 is 17.7 Å². The number of benzene rings is 1. The van der Waals surface area contributed by atoms with Crippen LogP contribution in [0.4, 0.5) is 10.1 Å². The maximum atomic E-state index is 13.5. The van der Waals surface area contributed by atoms with Gasteiger partial charge >= 0.3 is 5.97 Å². The van der Waals surface area contributed by atoms with Crippen LogP contribution in [0.3, 0.4) is 0 Å². The number of aliphatic carboxylic acids is 1. The number of halogens is 1. The molecular formula is C14H16FNO2. The average Bonchev–Trinajstić information content (AvgIpc) is 2.23. The average molecular weight is 249 g/mol. The molecule has 0 unspecified atom stereocenters. The van der Waals surface area contributed by atoms with E-state index in [1.165, 1.54) is 24.6 Å². The minimum absolute atomic E-state index is 0.344. The topological polar surface area (TPSA) is 40.5 Å². The molecule has 0 aliphatic heterocycles. The van der Waals surface area contributed by atoms with Crippen LogP contribution < -0.4 is 4.90 Å². The summed E-state index contributed by atoms with van der Waals surface area (Å²) in [5.41, 5.74) is 1.36. The Balaban J connectivity index is 2.22. The summed E-state index contributed by atoms with van der Waals surface area (Å²) in [6, 6.07) is 5.09. The van der Waals surface area contributed by atoms with Crippen LogP contribution in [-0.2, 0) is 4.79 Å². The molecule has 18 heavy (non-hydrogen) atoms. The van der Waals surface area contributed by atoms with E-state index in [0.717, 1.165) is 24.6 Å². The third-order valence-corrected chi connectivity index (χ3v) is 3.35. The largest absolute Gasteiger partial charge is 0.478 e. The first-order valence-electron chi connectivity index (χ1n) is 6.00. The van der Waals surface area contributed by atoms with Gasteiger partial charge in [0.2, 0.25) is 0 Å². The summed E-state index contributed by atoms with van der Waals surface area (Å²) in [6.45, 7) is 0. The number of carboxylic acid groups (broad SMARTS) is 1. The number of carboxylic acids is 1. The zero-order valence-electron chi connectivity index (χ0n) is 10.3. The second-order valence-electron chi connectivity index (χ2n) is 4.61. The second kappa shape index (κ2) is 5.21. The van der Waals surface area contributed by atoms with E-state index in [0.29, 0.717) is 11.6 Å². The molecule has 1 aliphatic carbocycles. The second-order valence-corrected chi connectivity index (χ2v) is 4.61. The standard InChI is InChI=1S/C14H16FNO2/c1-16(12-3-2-4-12)13-8-10(5-6-14(17)18)7-11(15)9-13/h5-9,12H,2-4H2,1H3,(H,17,18)/b6-5+. The minimum Gasteiger partial charge on any atom is -0.478 e. The van der Waals surface area contributed by atoms with Crippen molar-refractivity contribution < 1.29 is 14.3 Å². The molecule has 0 radical (unpaired) electrons. The highest BCUT2D eigenvalue weighted by Crippen LogP contribution is 2.29. The Morgan fingerprint density at radius 3 is 2.72 bits per heavy atom. The summed E-state index contributed by atoms with van der Waals surface area (Å²) in [7, 11) is 1.95. The van der Waals surface area contributed by atoms with Crippen molar-refractivity contribution in [3.63, 3.8) is 0 Å². The molecular weight excluding hydrogens is 233 g/mol. The number of anilines is 1. The number of nitrogens with zero attached hydrogens (tertiary/aromatic N) is 1. The van der Waals surface area contributed by atoms with Gasteiger partial charge < -0.3 is 10.0 Å². The van der Waals surface area contributed by atoms with Crippen LogP contribution in [0.2, 0.25) is 0 Å². The first kappa shape index (κ1) is 12.6. The monoisotopic (exact) mass is 249 g/mol. The lowest BCUT2D eigenvalue weighted by Gasteiger charge is -2.36. The maximum Gasteiger partial charge on any atom is 0.328 e. The van der Waals surface area contributed by atoms with Crippen molar-refractivity contribution in [2.45, 2.75) is 25.3 Å². The Morgan fingerprint density at radius 2 is 2.17 bits per heavy atom. The van der Waals surface area contributed by atoms with Crippen molar-refractivity contribution in [1.82, 2.24) is 0 Å². The van der Waals surface area contributed by atoms with Gasteiger partial charge in [0.25, 0.3) is 0 Å². The van der Waals surface area contributed by atoms with E-state index in [4.69, 9.17) is 5.11 Å². The number of carbonyl (C=O) groups is 1. The van der Waals surface area contributed by atoms with E-state index < -0.39 is 5.97 Å². The van der Waals surface area contributed by atoms with Crippen LogP contribution in [0.15, 0.2) is 24.3 Å². The predicted octanol–water partition coefficient (Wildman–Crippen LogP) is 2.91. The number of hydrogen-bond donors (Lipinski definition) is 1. The van der Waals surface area contributed by atoms with Crippen molar-refractivity contribution in [3.05, 3.63) is 35.7 Å². The molecule has 1 N–H and O–H groups in total. The molecule has 2 rings (SSSR count). The quantitative estimate of drug-likeness (QED) is 0.834. The van der Waals surface area contributed by atoms with Gasteiger partial charge in [-0.1, -0.05) is 0 Å². The van der Waals surface area contributed by atoms with Gasteiger partial charge in [0, 0.05) is 24.9 Å². The van der Waals surface area contributed by atoms with E-state index in [-0.39, 0.29) is 5.82 Å². The van der Waals surface area contributed by atoms with Crippen molar-refractivity contribution in [3.8, 4) is 0 Å². The fraction of sp³-hybridized carbons (Fsp3) is 0.357. The predicted molar refractivity (Wildman–Crippen MR) is 69.1 cm³/mol. The molecule has 0 amide bonds. The lowest BCUT2D eigenvalue weighted by molar-refractivity contribution is -0.131. The van der Waals surface area contributed by atoms with Gasteiger partial charge in [0.1, 0.15) is 5.82 Å². The van der Waals surface area contributed by atoms with E-state index in [2.05, 4.69) is 4.90 Å². The van der Waals surface area contributed by atoms with Crippen molar-refractivity contribution in [2.75, 3.05) is 11.9 Å². The summed E-state index contributed by atoms with van der Waals surface area (Å²) >= 11 is 0. The normalized spacial score (nSPS) is 15.7. The number of hydrogen-bond acceptors (Lipinski definition) is 2. The fourth-order valence-electron chi connectivity index (χ4n) is 2.05. The van der Waals surface area contributed by atoms with Gasteiger partial charge in [0.05, 0.1) is 0 Å². The molecule has 0 aromatic heterocycles. The SMILES string of the molecule is CN(c1cc(F)cc(/C=C/C(=O)O)c1)C1CCC1. The Morgan fingerprint density at radius 1 is 1.44 bits per heavy atom. The van der Waals surface area contributed by atoms with Crippen LogP contribution in [0.25, 0.3) is 6.08 Å². The van der Waals surface area contributed by atoms with Crippen molar-refractivity contribution in [2.24, 2.45) is 0 Å². The molecule has 1 fully saturated rings. The molecule has 0 saturated heterocycles. The lowest BCUT2D eigenvalue weighted by atomic mass is 9.91. The third-order valence-electron chi connectivity index (χ3n) is 3.35. The minimum atomic E-state index is -1.03. The summed E-state index contributed by atoms with van der Waals surface area (Å²) in [5.74, 6) is -1.38. The van der Waals surface area contributed by atoms with Crippen LogP contribution in [-0.4, -0.2) is 24.2 Å². The third kappa shape index (κ3) is 2.88. The van der Waals surface area contributed by atoms with E-state index in [1.807, 2.05) is 7.05 Å². The summed E-state index contributed by atoms with van der Waals surface area (Å²) in [5, 5.41) is 8.57. The Hall–Kier alpha value is -1.84. The molecule has 0 heterocycles. The first-order chi connectivity index (χ1) is 8.56. The molecule has 4 heteroatoms. The molecule has 0 spiro atoms. The van der Waals surface area contributed by atoms with E-state index in [1.54, 1.807) is 6.07 Å². The maximum absolute atomic E-state index is 13.5. The Labute approximate surface area is 106 Å². The van der Waals surface area contributed by atoms with Crippen LogP contribution in [0.1, 0.15) is 24.8 Å². The molecule has 0 atom stereocenters. The summed E-state index contributed by atoms with van der Waals surface area (Å²) in [6.07, 6.45) is 5.90. The van der Waals surface area contributed by atoms with Crippen molar-refractivity contribution in [1.29, 1.82) is 0 Å². The van der Waals surface area contributed by atoms with Crippen LogP contribution in [0, 0.1) is 5.82 Å². The van der Waals surface area contributed by atoms with Crippen LogP contribution >= 0.6 is 0 Å². The van der Waals surface area contributed by atoms with Gasteiger partial charge in [-0.25, -0.2) is 9.18 Å². The molecule has 3 nitrogen and oxygen atoms in total. The molecule has 0 bridgehead atoms. The van der Waals surface area contributed by atoms with Gasteiger partial charge in [0.15, 0.2) is 0 Å². The van der Waals surface area contributed by atoms with E-state index in [9.17, 15) is 9.18 Å². The van der Waals surface area contributed by atoms with Gasteiger partial charge in [-0.3, -0.25) is 0 Å². The highest BCUT2D eigenvalue weighted by atomic mass is 19.1. The zero-order chi connectivity index (χ0) is 13.1. The Kier molecular flexibility index (Phi) is 3.65. The molecule has 1 aromatic rings. The molecule has 96 valence electrons. The first-order valence-corrected chi connectivity index (χ1v) is 6.00. The van der Waals surface area contributed by atoms with Gasteiger partial charge in [-0.2, -0.15) is 0 Å². The smallest absolute Gasteiger partial charge is 0.328 e. The van der Waals surface area contributed by atoms with E-state index >= 15 is 0 Å². The fourth-order valence-corrected chi connectivity index (χ4v) is 2.05. The molecule has 1 saturated carbocycles. The van der Waals surface area contributed by atoms with Crippen LogP contribution in [0.5, 0.6) is 0 Å². The lowest BCUT2D eigenvalue weighted by Crippen LogP contribution is -2.37. The highest BCUT2D eigenvalue weighted by Gasteiger charge is 2.22. The van der Waals surface area contributed by atoms with Gasteiger partial charge in [-0.15, -0.1) is 0 Å². The number of rotatable bonds is 4. The molecule has 1 aliphatic rings. The Bertz CT molecular complexity index is 481. The zero-order valence-corrected chi connectivity index (χ0v) is 10.3.